The Kier molecular flexibility index (Phi) is 7.90. The number of esters is 1. The zero-order valence-corrected chi connectivity index (χ0v) is 15.4. The quantitative estimate of drug-likeness (QED) is 0.511. The number of benzene rings is 1. The van der Waals surface area contributed by atoms with Crippen LogP contribution >= 0.6 is 11.6 Å². The highest BCUT2D eigenvalue weighted by Gasteiger charge is 2.30. The topological polar surface area (TPSA) is 102 Å². The Labute approximate surface area is 152 Å². The van der Waals surface area contributed by atoms with Crippen LogP contribution in [-0.4, -0.2) is 39.5 Å². The first-order valence-corrected chi connectivity index (χ1v) is 9.18. The maximum Gasteiger partial charge on any atom is 0.324 e. The van der Waals surface area contributed by atoms with Gasteiger partial charge in [-0.1, -0.05) is 37.4 Å². The fourth-order valence-electron chi connectivity index (χ4n) is 1.75. The van der Waals surface area contributed by atoms with Crippen molar-refractivity contribution in [2.45, 2.75) is 24.8 Å². The summed E-state index contributed by atoms with van der Waals surface area (Å²) in [5, 5.41) is 2.58. The number of hydrogen-bond donors (Lipinski definition) is 2. The summed E-state index contributed by atoms with van der Waals surface area (Å²) in [6.45, 7) is 2.74. The van der Waals surface area contributed by atoms with Crippen molar-refractivity contribution in [1.29, 1.82) is 0 Å². The molecule has 1 amide bonds. The molecule has 136 valence electrons. The number of rotatable bonds is 8. The van der Waals surface area contributed by atoms with Gasteiger partial charge >= 0.3 is 5.97 Å². The fourth-order valence-corrected chi connectivity index (χ4v) is 3.39. The number of terminal acetylenes is 1. The molecule has 9 heteroatoms. The van der Waals surface area contributed by atoms with E-state index in [4.69, 9.17) is 22.8 Å². The third-order valence-electron chi connectivity index (χ3n) is 3.04. The Bertz CT molecular complexity index is 771. The number of halogens is 1. The van der Waals surface area contributed by atoms with E-state index in [2.05, 4.69) is 16.0 Å². The lowest BCUT2D eigenvalue weighted by atomic mass is 10.1. The molecule has 0 heterocycles. The van der Waals surface area contributed by atoms with Gasteiger partial charge in [-0.25, -0.2) is 8.42 Å². The van der Waals surface area contributed by atoms with Gasteiger partial charge in [0.2, 0.25) is 10.0 Å². The van der Waals surface area contributed by atoms with Gasteiger partial charge in [-0.15, -0.1) is 6.42 Å². The first kappa shape index (κ1) is 21.0. The van der Waals surface area contributed by atoms with Crippen LogP contribution in [0.25, 0.3) is 0 Å². The third kappa shape index (κ3) is 6.74. The van der Waals surface area contributed by atoms with Crippen molar-refractivity contribution in [3.8, 4) is 12.3 Å². The molecular formula is C16H19ClN2O5S. The highest BCUT2D eigenvalue weighted by molar-refractivity contribution is 7.89. The normalized spacial score (nSPS) is 12.3. The predicted molar refractivity (Wildman–Crippen MR) is 93.2 cm³/mol. The van der Waals surface area contributed by atoms with Crippen LogP contribution in [0.15, 0.2) is 29.2 Å². The molecule has 0 aliphatic carbocycles. The Morgan fingerprint density at radius 3 is 2.60 bits per heavy atom. The first-order chi connectivity index (χ1) is 11.7. The molecule has 1 rings (SSSR count). The van der Waals surface area contributed by atoms with Gasteiger partial charge in [-0.2, -0.15) is 4.72 Å². The van der Waals surface area contributed by atoms with E-state index in [1.165, 1.54) is 24.3 Å². The lowest BCUT2D eigenvalue weighted by Crippen LogP contribution is -2.46. The summed E-state index contributed by atoms with van der Waals surface area (Å²) in [4.78, 5) is 23.5. The molecule has 0 saturated heterocycles. The second-order valence-electron chi connectivity index (χ2n) is 5.39. The standard InChI is InChI=1S/C16H19ClN2O5S/c1-4-8-18-14(20)10-24-16(21)15(11(2)3)19-25(22,23)13-7-5-6-12(17)9-13/h1,5-7,9,11,15,19H,8,10H2,2-3H3,(H,18,20). The Morgan fingerprint density at radius 1 is 1.36 bits per heavy atom. The van der Waals surface area contributed by atoms with E-state index in [9.17, 15) is 18.0 Å². The number of nitrogens with one attached hydrogen (secondary N) is 2. The van der Waals surface area contributed by atoms with Crippen molar-refractivity contribution in [3.63, 3.8) is 0 Å². The molecule has 1 atom stereocenters. The zero-order chi connectivity index (χ0) is 19.0. The maximum atomic E-state index is 12.4. The van der Waals surface area contributed by atoms with Crippen molar-refractivity contribution >= 4 is 33.5 Å². The Hall–Kier alpha value is -2.08. The number of amides is 1. The number of hydrogen-bond acceptors (Lipinski definition) is 5. The number of ether oxygens (including phenoxy) is 1. The van der Waals surface area contributed by atoms with Crippen molar-refractivity contribution in [2.24, 2.45) is 5.92 Å². The molecule has 0 radical (unpaired) electrons. The third-order valence-corrected chi connectivity index (χ3v) is 4.72. The molecule has 0 spiro atoms. The van der Waals surface area contributed by atoms with Crippen LogP contribution in [-0.2, 0) is 24.3 Å². The van der Waals surface area contributed by atoms with Crippen LogP contribution in [0, 0.1) is 18.3 Å². The summed E-state index contributed by atoms with van der Waals surface area (Å²) in [6.07, 6.45) is 5.00. The summed E-state index contributed by atoms with van der Waals surface area (Å²) in [7, 11) is -3.99. The molecule has 0 aliphatic heterocycles. The molecule has 1 aromatic rings. The molecule has 0 fully saturated rings. The monoisotopic (exact) mass is 386 g/mol. The van der Waals surface area contributed by atoms with Crippen LogP contribution in [0.3, 0.4) is 0 Å². The van der Waals surface area contributed by atoms with E-state index >= 15 is 0 Å². The molecule has 0 aromatic heterocycles. The molecule has 0 bridgehead atoms. The summed E-state index contributed by atoms with van der Waals surface area (Å²) >= 11 is 5.80. The molecule has 7 nitrogen and oxygen atoms in total. The fraction of sp³-hybridized carbons (Fsp3) is 0.375. The van der Waals surface area contributed by atoms with Crippen molar-refractivity contribution in [2.75, 3.05) is 13.2 Å². The highest BCUT2D eigenvalue weighted by Crippen LogP contribution is 2.17. The average Bonchev–Trinajstić information content (AvgIpc) is 2.55. The van der Waals surface area contributed by atoms with Gasteiger partial charge in [0, 0.05) is 5.02 Å². The van der Waals surface area contributed by atoms with Gasteiger partial charge in [0.25, 0.3) is 5.91 Å². The van der Waals surface area contributed by atoms with E-state index in [0.717, 1.165) is 0 Å². The van der Waals surface area contributed by atoms with Gasteiger partial charge in [0.1, 0.15) is 6.04 Å². The lowest BCUT2D eigenvalue weighted by Gasteiger charge is -2.20. The van der Waals surface area contributed by atoms with E-state index < -0.39 is 40.5 Å². The van der Waals surface area contributed by atoms with Gasteiger partial charge in [-0.05, 0) is 24.1 Å². The summed E-state index contributed by atoms with van der Waals surface area (Å²) in [5.41, 5.74) is 0. The SMILES string of the molecule is C#CCNC(=O)COC(=O)C(NS(=O)(=O)c1cccc(Cl)c1)C(C)C. The molecule has 2 N–H and O–H groups in total. The van der Waals surface area contributed by atoms with Gasteiger partial charge in [0.15, 0.2) is 6.61 Å². The van der Waals surface area contributed by atoms with Gasteiger partial charge < -0.3 is 10.1 Å². The Morgan fingerprint density at radius 2 is 2.04 bits per heavy atom. The number of carbonyl (C=O) groups is 2. The lowest BCUT2D eigenvalue weighted by molar-refractivity contribution is -0.151. The van der Waals surface area contributed by atoms with E-state index in [-0.39, 0.29) is 16.5 Å². The van der Waals surface area contributed by atoms with Crippen LogP contribution in [0.2, 0.25) is 5.02 Å². The van der Waals surface area contributed by atoms with Crippen LogP contribution in [0.1, 0.15) is 13.8 Å². The van der Waals surface area contributed by atoms with Crippen LogP contribution < -0.4 is 10.0 Å². The van der Waals surface area contributed by atoms with E-state index in [1.54, 1.807) is 13.8 Å². The maximum absolute atomic E-state index is 12.4. The summed E-state index contributed by atoms with van der Waals surface area (Å²) < 4.78 is 31.9. The molecular weight excluding hydrogens is 368 g/mol. The first-order valence-electron chi connectivity index (χ1n) is 7.32. The zero-order valence-electron chi connectivity index (χ0n) is 13.8. The van der Waals surface area contributed by atoms with E-state index in [1.807, 2.05) is 0 Å². The van der Waals surface area contributed by atoms with Crippen molar-refractivity contribution in [3.05, 3.63) is 29.3 Å². The van der Waals surface area contributed by atoms with Crippen molar-refractivity contribution < 1.29 is 22.7 Å². The predicted octanol–water partition coefficient (Wildman–Crippen LogP) is 0.935. The summed E-state index contributed by atoms with van der Waals surface area (Å²) in [6, 6.07) is 4.47. The Balaban J connectivity index is 2.81. The van der Waals surface area contributed by atoms with Crippen LogP contribution in [0.5, 0.6) is 0 Å². The molecule has 1 aromatic carbocycles. The second-order valence-corrected chi connectivity index (χ2v) is 7.54. The van der Waals surface area contributed by atoms with Crippen LogP contribution in [0.4, 0.5) is 0 Å². The number of carbonyl (C=O) groups excluding carboxylic acids is 2. The highest BCUT2D eigenvalue weighted by atomic mass is 35.5. The minimum Gasteiger partial charge on any atom is -0.454 e. The van der Waals surface area contributed by atoms with Gasteiger partial charge in [0.05, 0.1) is 11.4 Å². The largest absolute Gasteiger partial charge is 0.454 e. The average molecular weight is 387 g/mol. The number of sulfonamides is 1. The molecule has 0 aliphatic rings. The smallest absolute Gasteiger partial charge is 0.324 e. The molecule has 0 saturated carbocycles. The molecule has 1 unspecified atom stereocenters. The minimum atomic E-state index is -3.99. The molecule has 25 heavy (non-hydrogen) atoms. The second kappa shape index (κ2) is 9.42. The minimum absolute atomic E-state index is 0.00535. The van der Waals surface area contributed by atoms with Gasteiger partial charge in [-0.3, -0.25) is 9.59 Å². The summed E-state index contributed by atoms with van der Waals surface area (Å²) in [5.74, 6) is 0.357. The van der Waals surface area contributed by atoms with Crippen molar-refractivity contribution in [1.82, 2.24) is 10.0 Å². The van der Waals surface area contributed by atoms with E-state index in [0.29, 0.717) is 0 Å².